The van der Waals surface area contributed by atoms with Crippen LogP contribution in [0.4, 0.5) is 5.69 Å². The SMILES string of the molecule is O=C(Nc1ccnc(Cl)c1)C1C2CCc3ccccc3C21. The Hall–Kier alpha value is -1.87. The summed E-state index contributed by atoms with van der Waals surface area (Å²) in [5.41, 5.74) is 3.49. The number of carbonyl (C=O) groups excluding carboxylic acids is 1. The molecule has 1 aromatic heterocycles. The van der Waals surface area contributed by atoms with Gasteiger partial charge in [-0.05, 0) is 47.9 Å². The lowest BCUT2D eigenvalue weighted by Gasteiger charge is -2.13. The predicted octanol–water partition coefficient (Wildman–Crippen LogP) is 3.65. The van der Waals surface area contributed by atoms with Crippen LogP contribution in [0.3, 0.4) is 0 Å². The van der Waals surface area contributed by atoms with E-state index in [0.29, 0.717) is 17.0 Å². The zero-order valence-electron chi connectivity index (χ0n) is 11.4. The molecule has 106 valence electrons. The molecule has 3 atom stereocenters. The molecule has 2 aliphatic rings. The Labute approximate surface area is 128 Å². The average Bonchev–Trinajstić information content (AvgIpc) is 3.22. The first-order valence-electron chi connectivity index (χ1n) is 7.24. The van der Waals surface area contributed by atoms with Crippen molar-refractivity contribution in [2.24, 2.45) is 11.8 Å². The molecule has 3 unspecified atom stereocenters. The van der Waals surface area contributed by atoms with Gasteiger partial charge in [0.1, 0.15) is 5.15 Å². The Morgan fingerprint density at radius 1 is 1.29 bits per heavy atom. The summed E-state index contributed by atoms with van der Waals surface area (Å²) < 4.78 is 0. The minimum atomic E-state index is 0.0978. The molecule has 2 aromatic rings. The molecule has 4 heteroatoms. The quantitative estimate of drug-likeness (QED) is 0.860. The maximum Gasteiger partial charge on any atom is 0.228 e. The van der Waals surface area contributed by atoms with E-state index in [4.69, 9.17) is 11.6 Å². The Morgan fingerprint density at radius 2 is 2.14 bits per heavy atom. The summed E-state index contributed by atoms with van der Waals surface area (Å²) in [6.45, 7) is 0. The predicted molar refractivity (Wildman–Crippen MR) is 82.4 cm³/mol. The first-order valence-corrected chi connectivity index (χ1v) is 7.62. The number of pyridine rings is 1. The number of carbonyl (C=O) groups is 1. The Kier molecular flexibility index (Phi) is 2.96. The lowest BCUT2D eigenvalue weighted by molar-refractivity contribution is -0.117. The third-order valence-electron chi connectivity index (χ3n) is 4.63. The summed E-state index contributed by atoms with van der Waals surface area (Å²) in [5, 5.41) is 3.36. The second-order valence-corrected chi connectivity index (χ2v) is 6.20. The van der Waals surface area contributed by atoms with Crippen LogP contribution >= 0.6 is 11.6 Å². The smallest absolute Gasteiger partial charge is 0.228 e. The number of aryl methyl sites for hydroxylation is 1. The minimum Gasteiger partial charge on any atom is -0.326 e. The number of nitrogens with one attached hydrogen (secondary N) is 1. The van der Waals surface area contributed by atoms with Gasteiger partial charge in [-0.25, -0.2) is 4.98 Å². The van der Waals surface area contributed by atoms with Crippen molar-refractivity contribution in [1.29, 1.82) is 0 Å². The van der Waals surface area contributed by atoms with Gasteiger partial charge in [0, 0.05) is 17.8 Å². The van der Waals surface area contributed by atoms with E-state index >= 15 is 0 Å². The fourth-order valence-corrected chi connectivity index (χ4v) is 3.80. The molecule has 21 heavy (non-hydrogen) atoms. The Morgan fingerprint density at radius 3 is 3.00 bits per heavy atom. The fourth-order valence-electron chi connectivity index (χ4n) is 3.63. The topological polar surface area (TPSA) is 42.0 Å². The van der Waals surface area contributed by atoms with Crippen LogP contribution in [0.15, 0.2) is 42.6 Å². The highest BCUT2D eigenvalue weighted by atomic mass is 35.5. The molecule has 1 fully saturated rings. The number of aromatic nitrogens is 1. The largest absolute Gasteiger partial charge is 0.326 e. The van der Waals surface area contributed by atoms with Crippen LogP contribution in [-0.2, 0) is 11.2 Å². The van der Waals surface area contributed by atoms with E-state index in [1.54, 1.807) is 18.3 Å². The van der Waals surface area contributed by atoms with Crippen LogP contribution in [-0.4, -0.2) is 10.9 Å². The lowest BCUT2D eigenvalue weighted by Crippen LogP contribution is -2.15. The number of anilines is 1. The van der Waals surface area contributed by atoms with Gasteiger partial charge >= 0.3 is 0 Å². The summed E-state index contributed by atoms with van der Waals surface area (Å²) in [7, 11) is 0. The fraction of sp³-hybridized carbons (Fsp3) is 0.294. The van der Waals surface area contributed by atoms with Gasteiger partial charge in [-0.3, -0.25) is 4.79 Å². The summed E-state index contributed by atoms with van der Waals surface area (Å²) in [6, 6.07) is 11.9. The number of rotatable bonds is 2. The van der Waals surface area contributed by atoms with Gasteiger partial charge in [0.25, 0.3) is 0 Å². The number of nitrogens with zero attached hydrogens (tertiary/aromatic N) is 1. The molecule has 1 amide bonds. The van der Waals surface area contributed by atoms with Gasteiger partial charge in [-0.1, -0.05) is 35.9 Å². The zero-order valence-corrected chi connectivity index (χ0v) is 12.2. The van der Waals surface area contributed by atoms with Gasteiger partial charge < -0.3 is 5.32 Å². The van der Waals surface area contributed by atoms with E-state index in [9.17, 15) is 4.79 Å². The molecule has 1 saturated carbocycles. The summed E-state index contributed by atoms with van der Waals surface area (Å²) >= 11 is 5.85. The number of benzene rings is 1. The molecule has 3 nitrogen and oxygen atoms in total. The Balaban J connectivity index is 1.53. The molecule has 4 rings (SSSR count). The normalized spacial score (nSPS) is 25.7. The molecule has 0 bridgehead atoms. The maximum atomic E-state index is 12.5. The molecule has 1 heterocycles. The van der Waals surface area contributed by atoms with Gasteiger partial charge in [0.2, 0.25) is 5.91 Å². The highest BCUT2D eigenvalue weighted by molar-refractivity contribution is 6.29. The number of halogens is 1. The van der Waals surface area contributed by atoms with Crippen molar-refractivity contribution >= 4 is 23.2 Å². The molecule has 2 aliphatic carbocycles. The standard InChI is InChI=1S/C17H15ClN2O/c18-14-9-11(7-8-19-14)20-17(21)16-13-6-5-10-3-1-2-4-12(10)15(13)16/h1-4,7-9,13,15-16H,5-6H2,(H,19,20,21). The van der Waals surface area contributed by atoms with Crippen molar-refractivity contribution in [2.45, 2.75) is 18.8 Å². The molecule has 0 radical (unpaired) electrons. The highest BCUT2D eigenvalue weighted by Gasteiger charge is 2.56. The van der Waals surface area contributed by atoms with E-state index < -0.39 is 0 Å². The molecule has 0 aliphatic heterocycles. The minimum absolute atomic E-state index is 0.0978. The maximum absolute atomic E-state index is 12.5. The van der Waals surface area contributed by atoms with Crippen molar-refractivity contribution in [3.8, 4) is 0 Å². The first-order chi connectivity index (χ1) is 10.2. The summed E-state index contributed by atoms with van der Waals surface area (Å²) in [4.78, 5) is 16.4. The van der Waals surface area contributed by atoms with E-state index in [0.717, 1.165) is 18.5 Å². The van der Waals surface area contributed by atoms with Crippen LogP contribution in [0, 0.1) is 11.8 Å². The molecular formula is C17H15ClN2O. The van der Waals surface area contributed by atoms with Crippen molar-refractivity contribution in [2.75, 3.05) is 5.32 Å². The summed E-state index contributed by atoms with van der Waals surface area (Å²) in [5.74, 6) is 1.09. The molecule has 0 saturated heterocycles. The molecular weight excluding hydrogens is 284 g/mol. The van der Waals surface area contributed by atoms with E-state index in [1.807, 2.05) is 0 Å². The van der Waals surface area contributed by atoms with E-state index in [-0.39, 0.29) is 11.8 Å². The van der Waals surface area contributed by atoms with Crippen LogP contribution in [0.1, 0.15) is 23.5 Å². The van der Waals surface area contributed by atoms with Gasteiger partial charge in [0.05, 0.1) is 0 Å². The number of hydrogen-bond donors (Lipinski definition) is 1. The average molecular weight is 299 g/mol. The number of fused-ring (bicyclic) bond motifs is 3. The van der Waals surface area contributed by atoms with E-state index in [1.165, 1.54) is 11.1 Å². The van der Waals surface area contributed by atoms with E-state index in [2.05, 4.69) is 34.6 Å². The first kappa shape index (κ1) is 12.8. The molecule has 1 aromatic carbocycles. The van der Waals surface area contributed by atoms with Crippen molar-refractivity contribution in [1.82, 2.24) is 4.98 Å². The second-order valence-electron chi connectivity index (χ2n) is 5.81. The van der Waals surface area contributed by atoms with Crippen LogP contribution in [0.5, 0.6) is 0 Å². The lowest BCUT2D eigenvalue weighted by atomic mass is 9.92. The third kappa shape index (κ3) is 2.22. The van der Waals surface area contributed by atoms with Gasteiger partial charge in [0.15, 0.2) is 0 Å². The Bertz CT molecular complexity index is 715. The van der Waals surface area contributed by atoms with Crippen molar-refractivity contribution < 1.29 is 4.79 Å². The molecule has 1 N–H and O–H groups in total. The van der Waals surface area contributed by atoms with Crippen molar-refractivity contribution in [3.05, 3.63) is 58.9 Å². The number of amides is 1. The second kappa shape index (κ2) is 4.85. The number of hydrogen-bond acceptors (Lipinski definition) is 2. The van der Waals surface area contributed by atoms with Gasteiger partial charge in [-0.2, -0.15) is 0 Å². The van der Waals surface area contributed by atoms with Crippen LogP contribution in [0.2, 0.25) is 5.15 Å². The molecule has 0 spiro atoms. The summed E-state index contributed by atoms with van der Waals surface area (Å²) in [6.07, 6.45) is 3.80. The highest BCUT2D eigenvalue weighted by Crippen LogP contribution is 2.60. The van der Waals surface area contributed by atoms with Gasteiger partial charge in [-0.15, -0.1) is 0 Å². The van der Waals surface area contributed by atoms with Crippen LogP contribution < -0.4 is 5.32 Å². The van der Waals surface area contributed by atoms with Crippen molar-refractivity contribution in [3.63, 3.8) is 0 Å². The zero-order chi connectivity index (χ0) is 14.4. The van der Waals surface area contributed by atoms with Crippen LogP contribution in [0.25, 0.3) is 0 Å². The third-order valence-corrected chi connectivity index (χ3v) is 4.83. The monoisotopic (exact) mass is 298 g/mol.